The van der Waals surface area contributed by atoms with Gasteiger partial charge in [-0.25, -0.2) is 0 Å². The molecule has 13 heavy (non-hydrogen) atoms. The molecule has 1 N–H and O–H groups in total. The van der Waals surface area contributed by atoms with Crippen LogP contribution in [0.4, 0.5) is 0 Å². The number of aldehydes is 1. The van der Waals surface area contributed by atoms with E-state index in [1.807, 2.05) is 6.92 Å². The van der Waals surface area contributed by atoms with Gasteiger partial charge in [-0.15, -0.1) is 0 Å². The summed E-state index contributed by atoms with van der Waals surface area (Å²) < 4.78 is 0. The Hall–Kier alpha value is -1.64. The smallest absolute Gasteiger partial charge is 0.318 e. The van der Waals surface area contributed by atoms with Gasteiger partial charge in [-0.2, -0.15) is 0 Å². The number of carboxylic acid groups (broad SMARTS) is 1. The summed E-state index contributed by atoms with van der Waals surface area (Å²) in [7, 11) is 0. The zero-order chi connectivity index (χ0) is 9.84. The maximum absolute atomic E-state index is 10.6. The highest BCUT2D eigenvalue weighted by molar-refractivity contribution is 5.92. The van der Waals surface area contributed by atoms with Gasteiger partial charge >= 0.3 is 5.97 Å². The van der Waals surface area contributed by atoms with Gasteiger partial charge in [-0.3, -0.25) is 4.79 Å². The minimum atomic E-state index is -1.11. The van der Waals surface area contributed by atoms with Crippen molar-refractivity contribution in [3.05, 3.63) is 35.4 Å². The molecule has 1 atom stereocenters. The fraction of sp³-hybridized carbons (Fsp3) is 0.200. The van der Waals surface area contributed by atoms with Gasteiger partial charge in [-0.1, -0.05) is 29.8 Å². The van der Waals surface area contributed by atoms with E-state index in [0.717, 1.165) is 5.56 Å². The van der Waals surface area contributed by atoms with E-state index < -0.39 is 11.9 Å². The van der Waals surface area contributed by atoms with Crippen LogP contribution in [0, 0.1) is 6.92 Å². The van der Waals surface area contributed by atoms with Gasteiger partial charge in [0.2, 0.25) is 0 Å². The molecule has 3 heteroatoms. The quantitative estimate of drug-likeness (QED) is 0.561. The maximum Gasteiger partial charge on any atom is 0.318 e. The van der Waals surface area contributed by atoms with Crippen molar-refractivity contribution in [2.24, 2.45) is 0 Å². The molecule has 0 radical (unpaired) electrons. The molecule has 3 nitrogen and oxygen atoms in total. The van der Waals surface area contributed by atoms with Crippen LogP contribution in [0.5, 0.6) is 0 Å². The van der Waals surface area contributed by atoms with Gasteiger partial charge in [0.1, 0.15) is 12.2 Å². The topological polar surface area (TPSA) is 54.4 Å². The van der Waals surface area contributed by atoms with Crippen LogP contribution in [0.15, 0.2) is 24.3 Å². The third kappa shape index (κ3) is 2.15. The molecule has 1 unspecified atom stereocenters. The lowest BCUT2D eigenvalue weighted by atomic mass is 10.00. The van der Waals surface area contributed by atoms with Crippen LogP contribution >= 0.6 is 0 Å². The van der Waals surface area contributed by atoms with Gasteiger partial charge in [0.15, 0.2) is 0 Å². The monoisotopic (exact) mass is 178 g/mol. The third-order valence-electron chi connectivity index (χ3n) is 1.84. The molecule has 0 fully saturated rings. The van der Waals surface area contributed by atoms with E-state index in [1.165, 1.54) is 0 Å². The molecule has 0 saturated heterocycles. The van der Waals surface area contributed by atoms with E-state index in [9.17, 15) is 9.59 Å². The predicted octanol–water partition coefficient (Wildman–Crippen LogP) is 1.36. The molecule has 0 saturated carbocycles. The number of rotatable bonds is 3. The molecule has 0 aliphatic rings. The Morgan fingerprint density at radius 1 is 1.38 bits per heavy atom. The van der Waals surface area contributed by atoms with E-state index in [-0.39, 0.29) is 0 Å². The van der Waals surface area contributed by atoms with Crippen molar-refractivity contribution in [2.45, 2.75) is 12.8 Å². The molecule has 0 spiro atoms. The molecule has 0 heterocycles. The Bertz CT molecular complexity index is 313. The van der Waals surface area contributed by atoms with Gasteiger partial charge in [0.05, 0.1) is 0 Å². The number of hydrogen-bond acceptors (Lipinski definition) is 2. The van der Waals surface area contributed by atoms with Crippen LogP contribution in [-0.4, -0.2) is 17.4 Å². The van der Waals surface area contributed by atoms with Gasteiger partial charge in [-0.05, 0) is 12.5 Å². The average molecular weight is 178 g/mol. The first-order valence-corrected chi connectivity index (χ1v) is 3.90. The molecular formula is C10H10O3. The number of aryl methyl sites for hydroxylation is 1. The van der Waals surface area contributed by atoms with Crippen LogP contribution in [-0.2, 0) is 9.59 Å². The molecule has 0 aliphatic carbocycles. The Morgan fingerprint density at radius 3 is 2.31 bits per heavy atom. The Kier molecular flexibility index (Phi) is 2.80. The highest BCUT2D eigenvalue weighted by Crippen LogP contribution is 2.14. The van der Waals surface area contributed by atoms with E-state index in [4.69, 9.17) is 5.11 Å². The lowest BCUT2D eigenvalue weighted by molar-refractivity contribution is -0.140. The Balaban J connectivity index is 2.99. The molecule has 0 bridgehead atoms. The molecule has 0 amide bonds. The van der Waals surface area contributed by atoms with Crippen LogP contribution in [0.1, 0.15) is 17.0 Å². The lowest BCUT2D eigenvalue weighted by Crippen LogP contribution is -2.12. The third-order valence-corrected chi connectivity index (χ3v) is 1.84. The van der Waals surface area contributed by atoms with Gasteiger partial charge in [0, 0.05) is 0 Å². The zero-order valence-electron chi connectivity index (χ0n) is 7.23. The normalized spacial score (nSPS) is 12.1. The summed E-state index contributed by atoms with van der Waals surface area (Å²) in [5.41, 5.74) is 1.56. The van der Waals surface area contributed by atoms with Gasteiger partial charge in [0.25, 0.3) is 0 Å². The number of benzene rings is 1. The minimum absolute atomic E-state index is 0.438. The fourth-order valence-electron chi connectivity index (χ4n) is 1.05. The first-order chi connectivity index (χ1) is 6.15. The standard InChI is InChI=1S/C10H10O3/c1-7-2-4-8(5-3-7)9(6-11)10(12)13/h2-6,9H,1H3,(H,12,13). The minimum Gasteiger partial charge on any atom is -0.480 e. The summed E-state index contributed by atoms with van der Waals surface area (Å²) in [4.78, 5) is 21.0. The molecule has 0 aliphatic heterocycles. The summed E-state index contributed by atoms with van der Waals surface area (Å²) in [6.45, 7) is 1.90. The number of carboxylic acids is 1. The number of hydrogen-bond donors (Lipinski definition) is 1. The van der Waals surface area contributed by atoms with Gasteiger partial charge < -0.3 is 9.90 Å². The van der Waals surface area contributed by atoms with Crippen molar-refractivity contribution in [3.8, 4) is 0 Å². The predicted molar refractivity (Wildman–Crippen MR) is 47.6 cm³/mol. The highest BCUT2D eigenvalue weighted by atomic mass is 16.4. The number of carbonyl (C=O) groups is 2. The van der Waals surface area contributed by atoms with Crippen LogP contribution in [0.25, 0.3) is 0 Å². The second-order valence-corrected chi connectivity index (χ2v) is 2.86. The van der Waals surface area contributed by atoms with Crippen molar-refractivity contribution in [3.63, 3.8) is 0 Å². The molecule has 68 valence electrons. The molecule has 1 rings (SSSR count). The SMILES string of the molecule is Cc1ccc(C(C=O)C(=O)O)cc1. The Labute approximate surface area is 76.0 Å². The average Bonchev–Trinajstić information content (AvgIpc) is 2.09. The lowest BCUT2D eigenvalue weighted by Gasteiger charge is -2.04. The molecule has 1 aromatic carbocycles. The summed E-state index contributed by atoms with van der Waals surface area (Å²) in [5.74, 6) is -2.15. The van der Waals surface area contributed by atoms with Crippen molar-refractivity contribution < 1.29 is 14.7 Å². The van der Waals surface area contributed by atoms with Crippen LogP contribution in [0.2, 0.25) is 0 Å². The first-order valence-electron chi connectivity index (χ1n) is 3.90. The molecule has 1 aromatic rings. The van der Waals surface area contributed by atoms with E-state index in [0.29, 0.717) is 11.8 Å². The summed E-state index contributed by atoms with van der Waals surface area (Å²) in [6, 6.07) is 6.88. The fourth-order valence-corrected chi connectivity index (χ4v) is 1.05. The largest absolute Gasteiger partial charge is 0.480 e. The van der Waals surface area contributed by atoms with E-state index >= 15 is 0 Å². The van der Waals surface area contributed by atoms with Crippen molar-refractivity contribution in [1.29, 1.82) is 0 Å². The second-order valence-electron chi connectivity index (χ2n) is 2.86. The maximum atomic E-state index is 10.6. The van der Waals surface area contributed by atoms with Crippen LogP contribution < -0.4 is 0 Å². The molecular weight excluding hydrogens is 168 g/mol. The van der Waals surface area contributed by atoms with Crippen molar-refractivity contribution >= 4 is 12.3 Å². The highest BCUT2D eigenvalue weighted by Gasteiger charge is 2.17. The van der Waals surface area contributed by atoms with Crippen molar-refractivity contribution in [1.82, 2.24) is 0 Å². The molecule has 0 aromatic heterocycles. The Morgan fingerprint density at radius 2 is 1.92 bits per heavy atom. The summed E-state index contributed by atoms with van der Waals surface area (Å²) in [6.07, 6.45) is 0.438. The van der Waals surface area contributed by atoms with E-state index in [1.54, 1.807) is 24.3 Å². The first kappa shape index (κ1) is 9.45. The van der Waals surface area contributed by atoms with E-state index in [2.05, 4.69) is 0 Å². The number of carbonyl (C=O) groups excluding carboxylic acids is 1. The van der Waals surface area contributed by atoms with Crippen molar-refractivity contribution in [2.75, 3.05) is 0 Å². The summed E-state index contributed by atoms with van der Waals surface area (Å²) >= 11 is 0. The van der Waals surface area contributed by atoms with Crippen LogP contribution in [0.3, 0.4) is 0 Å². The summed E-state index contributed by atoms with van der Waals surface area (Å²) in [5, 5.41) is 8.66. The second kappa shape index (κ2) is 3.85. The zero-order valence-corrected chi connectivity index (χ0v) is 7.23. The number of aliphatic carboxylic acids is 1.